The minimum Gasteiger partial charge on any atom is -0.497 e. The molecule has 190 valence electrons. The van der Waals surface area contributed by atoms with Crippen LogP contribution < -0.4 is 9.64 Å². The van der Waals surface area contributed by atoms with Gasteiger partial charge in [0, 0.05) is 43.9 Å². The van der Waals surface area contributed by atoms with E-state index in [9.17, 15) is 4.79 Å². The topological polar surface area (TPSA) is 58.6 Å². The summed E-state index contributed by atoms with van der Waals surface area (Å²) in [7, 11) is 1.69. The van der Waals surface area contributed by atoms with Crippen LogP contribution in [0.4, 0.5) is 5.82 Å². The zero-order valence-electron chi connectivity index (χ0n) is 22.0. The molecule has 2 heterocycles. The highest BCUT2D eigenvalue weighted by atomic mass is 16.5. The molecule has 1 aliphatic rings. The molecule has 1 aromatic heterocycles. The average Bonchev–Trinajstić information content (AvgIpc) is 3.17. The number of benzene rings is 2. The molecule has 6 nitrogen and oxygen atoms in total. The van der Waals surface area contributed by atoms with Crippen molar-refractivity contribution in [3.05, 3.63) is 82.8 Å². The molecular formula is C30H38N4O2. The predicted octanol–water partition coefficient (Wildman–Crippen LogP) is 5.18. The quantitative estimate of drug-likeness (QED) is 0.439. The Hall–Kier alpha value is -3.41. The maximum Gasteiger partial charge on any atom is 0.230 e. The van der Waals surface area contributed by atoms with Gasteiger partial charge in [-0.15, -0.1) is 0 Å². The Bertz CT molecular complexity index is 1150. The Morgan fingerprint density at radius 3 is 2.39 bits per heavy atom. The van der Waals surface area contributed by atoms with Gasteiger partial charge >= 0.3 is 0 Å². The third kappa shape index (κ3) is 5.86. The molecule has 1 aliphatic heterocycles. The SMILES string of the molecule is CCc1nc(C)nc(N2CCCN(C(=O)C(CC)c3ccccc3)CC2)c1Cc1ccc(OC)cc1. The van der Waals surface area contributed by atoms with E-state index < -0.39 is 0 Å². The van der Waals surface area contributed by atoms with Crippen molar-refractivity contribution in [2.75, 3.05) is 38.2 Å². The first-order valence-electron chi connectivity index (χ1n) is 13.1. The smallest absolute Gasteiger partial charge is 0.230 e. The highest BCUT2D eigenvalue weighted by Crippen LogP contribution is 2.28. The maximum atomic E-state index is 13.5. The largest absolute Gasteiger partial charge is 0.497 e. The zero-order valence-corrected chi connectivity index (χ0v) is 22.0. The molecule has 0 N–H and O–H groups in total. The highest BCUT2D eigenvalue weighted by Gasteiger charge is 2.28. The number of carbonyl (C=O) groups excluding carboxylic acids is 1. The second kappa shape index (κ2) is 12.0. The normalized spacial score (nSPS) is 14.9. The number of anilines is 1. The van der Waals surface area contributed by atoms with Crippen LogP contribution in [0.25, 0.3) is 0 Å². The molecule has 1 atom stereocenters. The number of methoxy groups -OCH3 is 1. The van der Waals surface area contributed by atoms with Crippen LogP contribution in [-0.4, -0.2) is 54.1 Å². The van der Waals surface area contributed by atoms with Crippen molar-refractivity contribution < 1.29 is 9.53 Å². The van der Waals surface area contributed by atoms with E-state index in [1.807, 2.05) is 37.3 Å². The monoisotopic (exact) mass is 486 g/mol. The minimum atomic E-state index is -0.0867. The summed E-state index contributed by atoms with van der Waals surface area (Å²) in [5.41, 5.74) is 4.59. The number of hydrogen-bond acceptors (Lipinski definition) is 5. The molecule has 1 fully saturated rings. The third-order valence-electron chi connectivity index (χ3n) is 7.07. The van der Waals surface area contributed by atoms with Crippen LogP contribution >= 0.6 is 0 Å². The number of amides is 1. The van der Waals surface area contributed by atoms with Gasteiger partial charge < -0.3 is 14.5 Å². The minimum absolute atomic E-state index is 0.0867. The lowest BCUT2D eigenvalue weighted by Crippen LogP contribution is -2.38. The van der Waals surface area contributed by atoms with Gasteiger partial charge in [0.1, 0.15) is 17.4 Å². The third-order valence-corrected chi connectivity index (χ3v) is 7.07. The van der Waals surface area contributed by atoms with Gasteiger partial charge in [-0.1, -0.05) is 56.3 Å². The summed E-state index contributed by atoms with van der Waals surface area (Å²) in [6.45, 7) is 9.35. The van der Waals surface area contributed by atoms with Crippen molar-refractivity contribution >= 4 is 11.7 Å². The van der Waals surface area contributed by atoms with E-state index in [0.29, 0.717) is 6.54 Å². The molecule has 0 spiro atoms. The van der Waals surface area contributed by atoms with Crippen molar-refractivity contribution in [3.8, 4) is 5.75 Å². The molecular weight excluding hydrogens is 448 g/mol. The zero-order chi connectivity index (χ0) is 25.5. The summed E-state index contributed by atoms with van der Waals surface area (Å²) in [5.74, 6) is 2.81. The number of nitrogens with zero attached hydrogens (tertiary/aromatic N) is 4. The van der Waals surface area contributed by atoms with E-state index in [1.54, 1.807) is 7.11 Å². The Morgan fingerprint density at radius 2 is 1.72 bits per heavy atom. The molecule has 0 bridgehead atoms. The predicted molar refractivity (Wildman–Crippen MR) is 145 cm³/mol. The van der Waals surface area contributed by atoms with Crippen molar-refractivity contribution in [2.24, 2.45) is 0 Å². The van der Waals surface area contributed by atoms with Crippen molar-refractivity contribution in [3.63, 3.8) is 0 Å². The average molecular weight is 487 g/mol. The summed E-state index contributed by atoms with van der Waals surface area (Å²) in [4.78, 5) is 27.6. The fourth-order valence-electron chi connectivity index (χ4n) is 5.13. The number of rotatable bonds is 8. The van der Waals surface area contributed by atoms with E-state index in [1.165, 1.54) is 11.1 Å². The summed E-state index contributed by atoms with van der Waals surface area (Å²) in [5, 5.41) is 0. The molecule has 1 amide bonds. The lowest BCUT2D eigenvalue weighted by atomic mass is 9.95. The van der Waals surface area contributed by atoms with Crippen LogP contribution in [0.15, 0.2) is 54.6 Å². The van der Waals surface area contributed by atoms with Gasteiger partial charge in [0.05, 0.1) is 13.0 Å². The second-order valence-corrected chi connectivity index (χ2v) is 9.44. The molecule has 0 radical (unpaired) electrons. The van der Waals surface area contributed by atoms with Crippen molar-refractivity contribution in [2.45, 2.75) is 52.4 Å². The molecule has 36 heavy (non-hydrogen) atoms. The van der Waals surface area contributed by atoms with Gasteiger partial charge in [-0.05, 0) is 49.4 Å². The first kappa shape index (κ1) is 25.7. The highest BCUT2D eigenvalue weighted by molar-refractivity contribution is 5.83. The van der Waals surface area contributed by atoms with Crippen LogP contribution in [0, 0.1) is 6.92 Å². The summed E-state index contributed by atoms with van der Waals surface area (Å²) >= 11 is 0. The van der Waals surface area contributed by atoms with Crippen LogP contribution in [0.5, 0.6) is 5.75 Å². The summed E-state index contributed by atoms with van der Waals surface area (Å²) in [6.07, 6.45) is 3.35. The number of hydrogen-bond donors (Lipinski definition) is 0. The lowest BCUT2D eigenvalue weighted by molar-refractivity contribution is -0.132. The molecule has 1 saturated heterocycles. The fraction of sp³-hybridized carbons (Fsp3) is 0.433. The summed E-state index contributed by atoms with van der Waals surface area (Å²) < 4.78 is 5.33. The van der Waals surface area contributed by atoms with E-state index >= 15 is 0 Å². The second-order valence-electron chi connectivity index (χ2n) is 9.44. The first-order valence-corrected chi connectivity index (χ1v) is 13.1. The van der Waals surface area contributed by atoms with Gasteiger partial charge in [-0.2, -0.15) is 0 Å². The van der Waals surface area contributed by atoms with Crippen molar-refractivity contribution in [1.29, 1.82) is 0 Å². The van der Waals surface area contributed by atoms with E-state index in [0.717, 1.165) is 74.0 Å². The first-order chi connectivity index (χ1) is 17.5. The molecule has 4 rings (SSSR count). The van der Waals surface area contributed by atoms with Crippen LogP contribution in [0.2, 0.25) is 0 Å². The maximum absolute atomic E-state index is 13.5. The van der Waals surface area contributed by atoms with E-state index in [2.05, 4.69) is 47.9 Å². The number of carbonyl (C=O) groups is 1. The van der Waals surface area contributed by atoms with Crippen LogP contribution in [0.1, 0.15) is 60.8 Å². The molecule has 0 aliphatic carbocycles. The molecule has 6 heteroatoms. The van der Waals surface area contributed by atoms with Crippen LogP contribution in [-0.2, 0) is 17.6 Å². The standard InChI is InChI=1S/C30H38N4O2/c1-5-26(24-11-8-7-9-12-24)30(35)34-18-10-17-33(19-20-34)29-27(28(6-2)31-22(3)32-29)21-23-13-15-25(36-4)16-14-23/h7-9,11-16,26H,5-6,10,17-21H2,1-4H3. The molecule has 1 unspecified atom stereocenters. The Balaban J connectivity index is 1.56. The van der Waals surface area contributed by atoms with E-state index in [4.69, 9.17) is 14.7 Å². The van der Waals surface area contributed by atoms with E-state index in [-0.39, 0.29) is 11.8 Å². The lowest BCUT2D eigenvalue weighted by Gasteiger charge is -2.28. The van der Waals surface area contributed by atoms with Gasteiger partial charge in [0.15, 0.2) is 0 Å². The Morgan fingerprint density at radius 1 is 0.972 bits per heavy atom. The van der Waals surface area contributed by atoms with Gasteiger partial charge in [-0.3, -0.25) is 4.79 Å². The molecule has 2 aromatic carbocycles. The van der Waals surface area contributed by atoms with Gasteiger partial charge in [0.25, 0.3) is 0 Å². The van der Waals surface area contributed by atoms with Crippen LogP contribution in [0.3, 0.4) is 0 Å². The van der Waals surface area contributed by atoms with Gasteiger partial charge in [-0.25, -0.2) is 9.97 Å². The number of aryl methyl sites for hydroxylation is 2. The summed E-state index contributed by atoms with van der Waals surface area (Å²) in [6, 6.07) is 18.4. The Kier molecular flexibility index (Phi) is 8.57. The molecule has 0 saturated carbocycles. The fourth-order valence-corrected chi connectivity index (χ4v) is 5.13. The number of ether oxygens (including phenoxy) is 1. The molecule has 3 aromatic rings. The van der Waals surface area contributed by atoms with Crippen molar-refractivity contribution in [1.82, 2.24) is 14.9 Å². The Labute approximate surface area is 215 Å². The number of aromatic nitrogens is 2. The van der Waals surface area contributed by atoms with Gasteiger partial charge in [0.2, 0.25) is 5.91 Å².